The Balaban J connectivity index is 2.78. The first kappa shape index (κ1) is 11.7. The van der Waals surface area contributed by atoms with Gasteiger partial charge in [0, 0.05) is 6.04 Å². The fourth-order valence-electron chi connectivity index (χ4n) is 1.22. The quantitative estimate of drug-likeness (QED) is 0.774. The minimum Gasteiger partial charge on any atom is -0.469 e. The van der Waals surface area contributed by atoms with E-state index in [0.29, 0.717) is 11.1 Å². The van der Waals surface area contributed by atoms with Crippen LogP contribution in [-0.2, 0) is 9.53 Å². The zero-order chi connectivity index (χ0) is 11.4. The van der Waals surface area contributed by atoms with Crippen LogP contribution >= 0.6 is 0 Å². The predicted molar refractivity (Wildman–Crippen MR) is 54.7 cm³/mol. The van der Waals surface area contributed by atoms with Crippen LogP contribution in [0.15, 0.2) is 18.2 Å². The van der Waals surface area contributed by atoms with Gasteiger partial charge < -0.3 is 10.5 Å². The summed E-state index contributed by atoms with van der Waals surface area (Å²) >= 11 is 0. The lowest BCUT2D eigenvalue weighted by Gasteiger charge is -2.11. The van der Waals surface area contributed by atoms with Crippen molar-refractivity contribution in [2.24, 2.45) is 5.73 Å². The van der Waals surface area contributed by atoms with E-state index >= 15 is 0 Å². The maximum Gasteiger partial charge on any atom is 0.307 e. The lowest BCUT2D eigenvalue weighted by Crippen LogP contribution is -2.16. The highest BCUT2D eigenvalue weighted by Crippen LogP contribution is 2.17. The molecule has 0 spiro atoms. The second kappa shape index (κ2) is 4.89. The molecular weight excluding hydrogens is 197 g/mol. The van der Waals surface area contributed by atoms with Crippen LogP contribution in [-0.4, -0.2) is 13.1 Å². The molecule has 1 aromatic carbocycles. The molecule has 0 aromatic heterocycles. The molecule has 0 saturated heterocycles. The maximum absolute atomic E-state index is 13.2. The number of halogens is 1. The van der Waals surface area contributed by atoms with Gasteiger partial charge in [-0.3, -0.25) is 4.79 Å². The first-order valence-corrected chi connectivity index (χ1v) is 4.63. The van der Waals surface area contributed by atoms with Gasteiger partial charge in [-0.25, -0.2) is 4.39 Å². The van der Waals surface area contributed by atoms with Crippen LogP contribution < -0.4 is 5.73 Å². The summed E-state index contributed by atoms with van der Waals surface area (Å²) in [6.45, 7) is 1.67. The van der Waals surface area contributed by atoms with Crippen molar-refractivity contribution in [3.05, 3.63) is 35.1 Å². The van der Waals surface area contributed by atoms with Crippen LogP contribution in [0.1, 0.15) is 23.6 Å². The number of hydrogen-bond acceptors (Lipinski definition) is 3. The third-order valence-corrected chi connectivity index (χ3v) is 2.24. The summed E-state index contributed by atoms with van der Waals surface area (Å²) in [5.74, 6) is -0.712. The van der Waals surface area contributed by atoms with Crippen molar-refractivity contribution in [1.29, 1.82) is 0 Å². The van der Waals surface area contributed by atoms with Gasteiger partial charge in [0.2, 0.25) is 0 Å². The average molecular weight is 211 g/mol. The van der Waals surface area contributed by atoms with Crippen molar-refractivity contribution in [1.82, 2.24) is 0 Å². The number of nitrogens with two attached hydrogens (primary N) is 1. The number of carbonyl (C=O) groups excluding carboxylic acids is 1. The van der Waals surface area contributed by atoms with E-state index < -0.39 is 12.0 Å². The van der Waals surface area contributed by atoms with Gasteiger partial charge in [-0.15, -0.1) is 0 Å². The Labute approximate surface area is 88.0 Å². The number of methoxy groups -OCH3 is 1. The van der Waals surface area contributed by atoms with Crippen LogP contribution in [0, 0.1) is 12.7 Å². The highest BCUT2D eigenvalue weighted by atomic mass is 19.1. The topological polar surface area (TPSA) is 52.3 Å². The van der Waals surface area contributed by atoms with E-state index in [4.69, 9.17) is 5.73 Å². The lowest BCUT2D eigenvalue weighted by atomic mass is 10.0. The number of carbonyl (C=O) groups is 1. The molecule has 0 amide bonds. The largest absolute Gasteiger partial charge is 0.469 e. The van der Waals surface area contributed by atoms with Crippen molar-refractivity contribution < 1.29 is 13.9 Å². The van der Waals surface area contributed by atoms with E-state index in [9.17, 15) is 9.18 Å². The monoisotopic (exact) mass is 211 g/mol. The molecule has 0 aliphatic carbocycles. The van der Waals surface area contributed by atoms with Crippen molar-refractivity contribution >= 4 is 5.97 Å². The Morgan fingerprint density at radius 3 is 2.80 bits per heavy atom. The molecule has 0 aliphatic rings. The van der Waals surface area contributed by atoms with Gasteiger partial charge in [0.1, 0.15) is 5.82 Å². The number of ether oxygens (including phenoxy) is 1. The summed E-state index contributed by atoms with van der Waals surface area (Å²) in [6, 6.07) is 4.18. The first-order valence-electron chi connectivity index (χ1n) is 4.63. The fraction of sp³-hybridized carbons (Fsp3) is 0.364. The minimum absolute atomic E-state index is 0.0546. The summed E-state index contributed by atoms with van der Waals surface area (Å²) in [4.78, 5) is 11.0. The molecule has 1 aromatic rings. The Morgan fingerprint density at radius 2 is 2.27 bits per heavy atom. The Kier molecular flexibility index (Phi) is 3.80. The van der Waals surface area contributed by atoms with Crippen LogP contribution in [0.25, 0.3) is 0 Å². The van der Waals surface area contributed by atoms with Gasteiger partial charge >= 0.3 is 5.97 Å². The second-order valence-corrected chi connectivity index (χ2v) is 3.40. The van der Waals surface area contributed by atoms with Crippen molar-refractivity contribution in [3.8, 4) is 0 Å². The first-order chi connectivity index (χ1) is 7.04. The summed E-state index contributed by atoms with van der Waals surface area (Å²) in [5.41, 5.74) is 6.88. The molecule has 82 valence electrons. The van der Waals surface area contributed by atoms with Gasteiger partial charge in [-0.2, -0.15) is 0 Å². The highest BCUT2D eigenvalue weighted by Gasteiger charge is 2.12. The Bertz CT molecular complexity index is 366. The molecule has 0 heterocycles. The van der Waals surface area contributed by atoms with Crippen molar-refractivity contribution in [3.63, 3.8) is 0 Å². The van der Waals surface area contributed by atoms with E-state index in [-0.39, 0.29) is 12.2 Å². The molecule has 4 heteroatoms. The minimum atomic E-state index is -0.521. The molecule has 0 fully saturated rings. The second-order valence-electron chi connectivity index (χ2n) is 3.40. The van der Waals surface area contributed by atoms with E-state index in [1.165, 1.54) is 13.2 Å². The van der Waals surface area contributed by atoms with E-state index in [2.05, 4.69) is 4.74 Å². The van der Waals surface area contributed by atoms with Crippen LogP contribution in [0.2, 0.25) is 0 Å². The molecule has 1 atom stereocenters. The summed E-state index contributed by atoms with van der Waals surface area (Å²) in [6.07, 6.45) is 0.0546. The number of hydrogen-bond donors (Lipinski definition) is 1. The molecule has 0 aliphatic heterocycles. The van der Waals surface area contributed by atoms with Crippen LogP contribution in [0.5, 0.6) is 0 Å². The van der Waals surface area contributed by atoms with Crippen molar-refractivity contribution in [2.45, 2.75) is 19.4 Å². The van der Waals surface area contributed by atoms with Gasteiger partial charge in [-0.1, -0.05) is 12.1 Å². The third kappa shape index (κ3) is 3.02. The highest BCUT2D eigenvalue weighted by molar-refractivity contribution is 5.70. The predicted octanol–water partition coefficient (Wildman–Crippen LogP) is 1.70. The number of rotatable bonds is 3. The standard InChI is InChI=1S/C11H14FNO2/c1-7-3-4-8(5-9(7)12)10(13)6-11(14)15-2/h3-5,10H,6,13H2,1-2H3. The van der Waals surface area contributed by atoms with Gasteiger partial charge in [0.15, 0.2) is 0 Å². The zero-order valence-corrected chi connectivity index (χ0v) is 8.79. The molecule has 3 nitrogen and oxygen atoms in total. The molecule has 2 N–H and O–H groups in total. The van der Waals surface area contributed by atoms with Gasteiger partial charge in [0.05, 0.1) is 13.5 Å². The zero-order valence-electron chi connectivity index (χ0n) is 8.79. The number of esters is 1. The van der Waals surface area contributed by atoms with Crippen LogP contribution in [0.4, 0.5) is 4.39 Å². The number of aryl methyl sites for hydroxylation is 1. The molecule has 0 bridgehead atoms. The smallest absolute Gasteiger partial charge is 0.307 e. The average Bonchev–Trinajstić information content (AvgIpc) is 2.21. The van der Waals surface area contributed by atoms with E-state index in [1.807, 2.05) is 0 Å². The van der Waals surface area contributed by atoms with Crippen LogP contribution in [0.3, 0.4) is 0 Å². The molecule has 1 unspecified atom stereocenters. The third-order valence-electron chi connectivity index (χ3n) is 2.24. The van der Waals surface area contributed by atoms with Gasteiger partial charge in [0.25, 0.3) is 0 Å². The fourth-order valence-corrected chi connectivity index (χ4v) is 1.22. The molecule has 0 saturated carbocycles. The summed E-state index contributed by atoms with van der Waals surface area (Å²) in [5, 5.41) is 0. The number of benzene rings is 1. The summed E-state index contributed by atoms with van der Waals surface area (Å²) in [7, 11) is 1.30. The molecule has 0 radical (unpaired) electrons. The van der Waals surface area contributed by atoms with E-state index in [1.54, 1.807) is 19.1 Å². The maximum atomic E-state index is 13.2. The molecule has 15 heavy (non-hydrogen) atoms. The van der Waals surface area contributed by atoms with Crippen molar-refractivity contribution in [2.75, 3.05) is 7.11 Å². The van der Waals surface area contributed by atoms with E-state index in [0.717, 1.165) is 0 Å². The summed E-state index contributed by atoms with van der Waals surface area (Å²) < 4.78 is 17.7. The Morgan fingerprint density at radius 1 is 1.60 bits per heavy atom. The Hall–Kier alpha value is -1.42. The molecular formula is C11H14FNO2. The SMILES string of the molecule is COC(=O)CC(N)c1ccc(C)c(F)c1. The molecule has 1 rings (SSSR count). The lowest BCUT2D eigenvalue weighted by molar-refractivity contribution is -0.141. The normalized spacial score (nSPS) is 12.3. The van der Waals surface area contributed by atoms with Gasteiger partial charge in [-0.05, 0) is 24.1 Å².